The normalized spacial score (nSPS) is 12.3. The van der Waals surface area contributed by atoms with Crippen LogP contribution in [0.3, 0.4) is 0 Å². The van der Waals surface area contributed by atoms with Gasteiger partial charge in [0, 0.05) is 0 Å². The van der Waals surface area contributed by atoms with Crippen LogP contribution in [0, 0.1) is 0 Å². The van der Waals surface area contributed by atoms with E-state index in [0.717, 1.165) is 0 Å². The number of fused-ring (bicyclic) bond motifs is 12. The van der Waals surface area contributed by atoms with Crippen molar-refractivity contribution in [2.45, 2.75) is 0 Å². The molecule has 0 nitrogen and oxygen atoms in total. The van der Waals surface area contributed by atoms with Crippen molar-refractivity contribution in [1.29, 1.82) is 0 Å². The molecule has 14 aromatic carbocycles. The summed E-state index contributed by atoms with van der Waals surface area (Å²) in [6.07, 6.45) is 0. The summed E-state index contributed by atoms with van der Waals surface area (Å²) >= 11 is 0. The molecule has 0 amide bonds. The summed E-state index contributed by atoms with van der Waals surface area (Å²) in [5.74, 6) is 0. The Kier molecular flexibility index (Phi) is 5.98. The van der Waals surface area contributed by atoms with Gasteiger partial charge in [0.1, 0.15) is 0 Å². The van der Waals surface area contributed by atoms with Crippen molar-refractivity contribution in [3.05, 3.63) is 194 Å². The van der Waals surface area contributed by atoms with Crippen LogP contribution in [-0.4, -0.2) is 0 Å². The van der Waals surface area contributed by atoms with E-state index in [2.05, 4.69) is 194 Å². The molecule has 0 aliphatic rings. The molecular weight excluding hydrogens is 673 g/mol. The average Bonchev–Trinajstić information content (AvgIpc) is 3.25. The van der Waals surface area contributed by atoms with E-state index in [4.69, 9.17) is 0 Å². The van der Waals surface area contributed by atoms with Gasteiger partial charge in [-0.15, -0.1) is 0 Å². The van der Waals surface area contributed by atoms with Gasteiger partial charge in [-0.2, -0.15) is 0 Å². The Morgan fingerprint density at radius 3 is 0.714 bits per heavy atom. The van der Waals surface area contributed by atoms with Gasteiger partial charge in [0.15, 0.2) is 0 Å². The molecule has 0 aromatic heterocycles. The van der Waals surface area contributed by atoms with Crippen LogP contribution in [0.4, 0.5) is 0 Å². The molecule has 0 fully saturated rings. The number of benzene rings is 14. The molecule has 0 saturated heterocycles. The molecule has 0 aliphatic carbocycles. The highest BCUT2D eigenvalue weighted by Crippen LogP contribution is 2.47. The Morgan fingerprint density at radius 1 is 0.143 bits per heavy atom. The number of hydrogen-bond donors (Lipinski definition) is 0. The van der Waals surface area contributed by atoms with Crippen LogP contribution in [0.2, 0.25) is 0 Å². The fourth-order valence-corrected chi connectivity index (χ4v) is 10.4. The van der Waals surface area contributed by atoms with Crippen molar-refractivity contribution >= 4 is 129 Å². The summed E-state index contributed by atoms with van der Waals surface area (Å²) in [5.41, 5.74) is 0. The van der Waals surface area contributed by atoms with E-state index < -0.39 is 0 Å². The maximum absolute atomic E-state index is 2.34. The van der Waals surface area contributed by atoms with E-state index in [1.54, 1.807) is 0 Å². The summed E-state index contributed by atoms with van der Waals surface area (Å²) in [5, 5.41) is 32.4. The molecule has 0 heterocycles. The molecule has 56 heavy (non-hydrogen) atoms. The van der Waals surface area contributed by atoms with Crippen LogP contribution in [0.25, 0.3) is 129 Å². The third-order valence-electron chi connectivity index (χ3n) is 12.6. The number of rotatable bonds is 0. The quantitative estimate of drug-likeness (QED) is 0.109. The second-order valence-electron chi connectivity index (χ2n) is 15.5. The fourth-order valence-electron chi connectivity index (χ4n) is 10.4. The Hall–Kier alpha value is -7.28. The molecule has 0 saturated carbocycles. The van der Waals surface area contributed by atoms with Gasteiger partial charge < -0.3 is 0 Å². The molecule has 0 unspecified atom stereocenters. The summed E-state index contributed by atoms with van der Waals surface area (Å²) in [6.45, 7) is 0. The third-order valence-corrected chi connectivity index (χ3v) is 12.6. The van der Waals surface area contributed by atoms with Crippen molar-refractivity contribution in [1.82, 2.24) is 0 Å². The Morgan fingerprint density at radius 2 is 0.375 bits per heavy atom. The zero-order chi connectivity index (χ0) is 36.5. The molecule has 0 N–H and O–H groups in total. The van der Waals surface area contributed by atoms with Crippen molar-refractivity contribution < 1.29 is 0 Å². The molecule has 0 aliphatic heterocycles. The fraction of sp³-hybridized carbons (Fsp3) is 0. The molecule has 14 rings (SSSR count). The number of hydrogen-bond acceptors (Lipinski definition) is 0. The molecule has 0 bridgehead atoms. The minimum atomic E-state index is 1.31. The lowest BCUT2D eigenvalue weighted by molar-refractivity contribution is 1.79. The van der Waals surface area contributed by atoms with E-state index in [1.165, 1.54) is 129 Å². The van der Waals surface area contributed by atoms with E-state index in [1.807, 2.05) is 0 Å². The predicted molar refractivity (Wildman–Crippen MR) is 245 cm³/mol. The average molecular weight is 705 g/mol. The van der Waals surface area contributed by atoms with Crippen molar-refractivity contribution in [2.24, 2.45) is 0 Å². The summed E-state index contributed by atoms with van der Waals surface area (Å²) in [6, 6.07) is 71.6. The van der Waals surface area contributed by atoms with E-state index in [9.17, 15) is 0 Å². The van der Waals surface area contributed by atoms with Crippen molar-refractivity contribution in [3.63, 3.8) is 0 Å². The Bertz CT molecular complexity index is 3630. The predicted octanol–water partition coefficient (Wildman–Crippen LogP) is 16.1. The van der Waals surface area contributed by atoms with Crippen molar-refractivity contribution in [2.75, 3.05) is 0 Å². The van der Waals surface area contributed by atoms with Gasteiger partial charge >= 0.3 is 0 Å². The van der Waals surface area contributed by atoms with E-state index in [-0.39, 0.29) is 0 Å². The van der Waals surface area contributed by atoms with Gasteiger partial charge in [0.2, 0.25) is 0 Å². The third kappa shape index (κ3) is 3.98. The zero-order valence-electron chi connectivity index (χ0n) is 30.5. The first kappa shape index (κ1) is 30.1. The molecular formula is C56H32. The highest BCUT2D eigenvalue weighted by Gasteiger charge is 2.19. The molecule has 0 spiro atoms. The van der Waals surface area contributed by atoms with Gasteiger partial charge in [-0.25, -0.2) is 0 Å². The first-order chi connectivity index (χ1) is 27.8. The standard InChI is InChI=1S/2C28H16/c1-3-11-21-17(7-1)15-19-9-5-14-24-25(19)27(21)23-13-6-10-20-16-18-8-2-4-12-22(18)28(24)26(20)23;1-3-11-21-17(7-1)15-19-9-5-13-23-24-14-6-10-20-16-18-8-2-4-12-22(18)28(26(20)24)27(21)25(19)23/h2*1-16H. The topological polar surface area (TPSA) is 0 Å². The molecule has 0 atom stereocenters. The molecule has 256 valence electrons. The van der Waals surface area contributed by atoms with Gasteiger partial charge in [-0.1, -0.05) is 170 Å². The zero-order valence-corrected chi connectivity index (χ0v) is 30.5. The maximum atomic E-state index is 2.34. The largest absolute Gasteiger partial charge is 0.0616 e. The smallest absolute Gasteiger partial charge is 0.000786 e. The van der Waals surface area contributed by atoms with Gasteiger partial charge in [0.25, 0.3) is 0 Å². The highest BCUT2D eigenvalue weighted by molar-refractivity contribution is 6.43. The molecule has 0 radical (unpaired) electrons. The highest BCUT2D eigenvalue weighted by atomic mass is 14.2. The van der Waals surface area contributed by atoms with E-state index in [0.29, 0.717) is 0 Å². The summed E-state index contributed by atoms with van der Waals surface area (Å²) in [4.78, 5) is 0. The SMILES string of the molecule is c1ccc2c(c1)cc1cccc3c1c2c1cccc2cc4ccccc4c3c21.c1ccc2c(c1)cc1cccc3c4cccc5cc6ccccc6c(c54)c2c13. The van der Waals surface area contributed by atoms with Gasteiger partial charge in [-0.3, -0.25) is 0 Å². The lowest BCUT2D eigenvalue weighted by Crippen LogP contribution is -1.89. The van der Waals surface area contributed by atoms with Crippen LogP contribution in [0.5, 0.6) is 0 Å². The monoisotopic (exact) mass is 704 g/mol. The Balaban J connectivity index is 0.000000118. The molecule has 14 aromatic rings. The van der Waals surface area contributed by atoms with Gasteiger partial charge in [-0.05, 0) is 154 Å². The van der Waals surface area contributed by atoms with Gasteiger partial charge in [0.05, 0.1) is 0 Å². The molecule has 0 heteroatoms. The van der Waals surface area contributed by atoms with Crippen LogP contribution in [0.1, 0.15) is 0 Å². The summed E-state index contributed by atoms with van der Waals surface area (Å²) in [7, 11) is 0. The first-order valence-electron chi connectivity index (χ1n) is 19.6. The Labute approximate surface area is 322 Å². The minimum Gasteiger partial charge on any atom is -0.0616 e. The second kappa shape index (κ2) is 11.1. The summed E-state index contributed by atoms with van der Waals surface area (Å²) < 4.78 is 0. The second-order valence-corrected chi connectivity index (χ2v) is 15.5. The lowest BCUT2D eigenvalue weighted by Gasteiger charge is -2.18. The van der Waals surface area contributed by atoms with E-state index >= 15 is 0 Å². The van der Waals surface area contributed by atoms with Crippen LogP contribution >= 0.6 is 0 Å². The lowest BCUT2D eigenvalue weighted by atomic mass is 9.85. The van der Waals surface area contributed by atoms with Crippen molar-refractivity contribution in [3.8, 4) is 0 Å². The maximum Gasteiger partial charge on any atom is -0.000786 e. The van der Waals surface area contributed by atoms with Crippen LogP contribution < -0.4 is 0 Å². The first-order valence-corrected chi connectivity index (χ1v) is 19.6. The minimum absolute atomic E-state index is 1.31. The van der Waals surface area contributed by atoms with Crippen LogP contribution in [-0.2, 0) is 0 Å². The van der Waals surface area contributed by atoms with Crippen LogP contribution in [0.15, 0.2) is 194 Å².